The molecule has 0 spiro atoms. The van der Waals surface area contributed by atoms with Crippen LogP contribution < -0.4 is 10.7 Å². The van der Waals surface area contributed by atoms with Gasteiger partial charge < -0.3 is 15.9 Å². The van der Waals surface area contributed by atoms with E-state index in [0.29, 0.717) is 11.1 Å². The molecule has 0 amide bonds. The number of rotatable bonds is 3. The van der Waals surface area contributed by atoms with E-state index in [4.69, 9.17) is 10.2 Å². The Morgan fingerprint density at radius 3 is 2.41 bits per heavy atom. The molecule has 0 atom stereocenters. The lowest BCUT2D eigenvalue weighted by atomic mass is 10.1. The maximum atomic E-state index is 12.5. The van der Waals surface area contributed by atoms with Gasteiger partial charge in [0.1, 0.15) is 5.69 Å². The Labute approximate surface area is 159 Å². The fourth-order valence-corrected chi connectivity index (χ4v) is 3.25. The molecule has 4 rings (SSSR count). The highest BCUT2D eigenvalue weighted by Gasteiger charge is 2.17. The Hall–Kier alpha value is -2.91. The van der Waals surface area contributed by atoms with E-state index in [-0.39, 0.29) is 16.5 Å². The molecule has 0 fully saturated rings. The zero-order chi connectivity index (χ0) is 17.4. The van der Waals surface area contributed by atoms with Crippen LogP contribution >= 0.6 is 11.9 Å². The van der Waals surface area contributed by atoms with Crippen LogP contribution in [0, 0.1) is 6.92 Å². The molecule has 0 aliphatic rings. The van der Waals surface area contributed by atoms with Crippen molar-refractivity contribution in [3.63, 3.8) is 0 Å². The third-order valence-electron chi connectivity index (χ3n) is 4.21. The summed E-state index contributed by atoms with van der Waals surface area (Å²) in [6, 6.07) is 17.6. The molecule has 7 nitrogen and oxygen atoms in total. The lowest BCUT2D eigenvalue weighted by Gasteiger charge is -2.06. The van der Waals surface area contributed by atoms with E-state index in [0.717, 1.165) is 27.2 Å². The van der Waals surface area contributed by atoms with Crippen molar-refractivity contribution in [1.29, 1.82) is 0 Å². The summed E-state index contributed by atoms with van der Waals surface area (Å²) in [4.78, 5) is 16.2. The van der Waals surface area contributed by atoms with Crippen LogP contribution in [0.2, 0.25) is 0 Å². The molecule has 2 aromatic carbocycles. The number of aryl methyl sites for hydroxylation is 1. The maximum absolute atomic E-state index is 12.5. The van der Waals surface area contributed by atoms with Crippen LogP contribution in [-0.4, -0.2) is 25.7 Å². The van der Waals surface area contributed by atoms with Gasteiger partial charge in [-0.3, -0.25) is 9.93 Å². The Kier molecular flexibility index (Phi) is 6.19. The van der Waals surface area contributed by atoms with Crippen molar-refractivity contribution in [2.24, 2.45) is 5.14 Å². The number of para-hydroxylation sites is 1. The van der Waals surface area contributed by atoms with Gasteiger partial charge in [-0.2, -0.15) is 5.10 Å². The average molecular weight is 384 g/mol. The van der Waals surface area contributed by atoms with Gasteiger partial charge in [-0.05, 0) is 48.7 Å². The van der Waals surface area contributed by atoms with Crippen LogP contribution in [-0.2, 0) is 0 Å². The number of benzene rings is 2. The number of nitrogens with zero attached hydrogens (tertiary/aromatic N) is 2. The largest absolute Gasteiger partial charge is 0.412 e. The number of nitrogens with two attached hydrogens (primary N) is 1. The SMILES string of the molecule is Cc1ccccc1-n1nc(-c2ccc(SN)cc2)c2c(=O)[nH]ccc21.O.O. The fourth-order valence-electron chi connectivity index (χ4n) is 2.96. The summed E-state index contributed by atoms with van der Waals surface area (Å²) in [5, 5.41) is 10.9. The molecule has 0 radical (unpaired) electrons. The molecule has 2 aromatic heterocycles. The standard InChI is InChI=1S/C19H16N4OS.2H2O/c1-12-4-2-3-5-15(12)23-16-10-11-21-19(24)17(16)18(22-23)13-6-8-14(25-20)9-7-13;;/h2-11H,20H2,1H3,(H,21,24);2*1H2. The number of nitrogens with one attached hydrogen (secondary N) is 1. The molecular weight excluding hydrogens is 364 g/mol. The first kappa shape index (κ1) is 20.4. The van der Waals surface area contributed by atoms with Crippen molar-refractivity contribution in [3.8, 4) is 16.9 Å². The van der Waals surface area contributed by atoms with E-state index >= 15 is 0 Å². The summed E-state index contributed by atoms with van der Waals surface area (Å²) in [5.41, 5.74) is 4.22. The summed E-state index contributed by atoms with van der Waals surface area (Å²) in [6.45, 7) is 2.03. The third kappa shape index (κ3) is 3.51. The van der Waals surface area contributed by atoms with Crippen molar-refractivity contribution in [3.05, 3.63) is 76.7 Å². The monoisotopic (exact) mass is 384 g/mol. The Morgan fingerprint density at radius 2 is 1.74 bits per heavy atom. The minimum atomic E-state index is -0.149. The van der Waals surface area contributed by atoms with Crippen LogP contribution in [0.15, 0.2) is 70.5 Å². The fraction of sp³-hybridized carbons (Fsp3) is 0.0526. The van der Waals surface area contributed by atoms with Crippen LogP contribution in [0.1, 0.15) is 5.56 Å². The van der Waals surface area contributed by atoms with Gasteiger partial charge in [-0.25, -0.2) is 4.68 Å². The lowest BCUT2D eigenvalue weighted by molar-refractivity contribution is 0.823. The predicted molar refractivity (Wildman–Crippen MR) is 109 cm³/mol. The first-order valence-electron chi connectivity index (χ1n) is 7.82. The topological polar surface area (TPSA) is 140 Å². The molecule has 0 bridgehead atoms. The normalized spacial score (nSPS) is 10.3. The highest BCUT2D eigenvalue weighted by molar-refractivity contribution is 7.97. The first-order chi connectivity index (χ1) is 12.2. The van der Waals surface area contributed by atoms with Crippen LogP contribution in [0.4, 0.5) is 0 Å². The smallest absolute Gasteiger partial charge is 0.259 e. The molecule has 0 saturated carbocycles. The summed E-state index contributed by atoms with van der Waals surface area (Å²) >= 11 is 1.19. The van der Waals surface area contributed by atoms with Gasteiger partial charge in [-0.1, -0.05) is 30.3 Å². The molecule has 140 valence electrons. The molecule has 2 heterocycles. The van der Waals surface area contributed by atoms with Crippen molar-refractivity contribution < 1.29 is 11.0 Å². The highest BCUT2D eigenvalue weighted by Crippen LogP contribution is 2.29. The van der Waals surface area contributed by atoms with Crippen molar-refractivity contribution in [2.75, 3.05) is 0 Å². The lowest BCUT2D eigenvalue weighted by Crippen LogP contribution is -2.05. The number of hydrogen-bond donors (Lipinski definition) is 2. The molecule has 0 saturated heterocycles. The van der Waals surface area contributed by atoms with Crippen LogP contribution in [0.3, 0.4) is 0 Å². The molecular formula is C19H20N4O3S. The predicted octanol–water partition coefficient (Wildman–Crippen LogP) is 2.01. The number of fused-ring (bicyclic) bond motifs is 1. The van der Waals surface area contributed by atoms with Gasteiger partial charge >= 0.3 is 0 Å². The molecule has 8 heteroatoms. The van der Waals surface area contributed by atoms with E-state index in [9.17, 15) is 4.79 Å². The molecule has 4 aromatic rings. The number of aromatic nitrogens is 3. The first-order valence-corrected chi connectivity index (χ1v) is 8.70. The molecule has 7 N–H and O–H groups in total. The summed E-state index contributed by atoms with van der Waals surface area (Å²) in [7, 11) is 0. The summed E-state index contributed by atoms with van der Waals surface area (Å²) in [5.74, 6) is 0. The second-order valence-corrected chi connectivity index (χ2v) is 6.46. The van der Waals surface area contributed by atoms with E-state index in [2.05, 4.69) is 4.98 Å². The van der Waals surface area contributed by atoms with Crippen molar-refractivity contribution >= 4 is 22.9 Å². The minimum absolute atomic E-state index is 0. The molecule has 0 unspecified atom stereocenters. The Balaban J connectivity index is 0.00000131. The number of hydrogen-bond acceptors (Lipinski definition) is 4. The van der Waals surface area contributed by atoms with Gasteiger partial charge in [0.2, 0.25) is 0 Å². The minimum Gasteiger partial charge on any atom is -0.412 e. The van der Waals surface area contributed by atoms with Gasteiger partial charge in [0.25, 0.3) is 5.56 Å². The van der Waals surface area contributed by atoms with E-state index in [1.165, 1.54) is 11.9 Å². The van der Waals surface area contributed by atoms with Crippen molar-refractivity contribution in [1.82, 2.24) is 14.8 Å². The quantitative estimate of drug-likeness (QED) is 0.521. The number of H-pyrrole nitrogens is 1. The van der Waals surface area contributed by atoms with E-state index < -0.39 is 0 Å². The zero-order valence-electron chi connectivity index (χ0n) is 14.6. The van der Waals surface area contributed by atoms with Gasteiger partial charge in [-0.15, -0.1) is 0 Å². The van der Waals surface area contributed by atoms with Crippen LogP contribution in [0.5, 0.6) is 0 Å². The van der Waals surface area contributed by atoms with Gasteiger partial charge in [0.15, 0.2) is 0 Å². The molecule has 27 heavy (non-hydrogen) atoms. The van der Waals surface area contributed by atoms with E-state index in [1.807, 2.05) is 66.2 Å². The zero-order valence-corrected chi connectivity index (χ0v) is 15.4. The Morgan fingerprint density at radius 1 is 1.04 bits per heavy atom. The van der Waals surface area contributed by atoms with E-state index in [1.54, 1.807) is 6.20 Å². The second kappa shape index (κ2) is 8.19. The van der Waals surface area contributed by atoms with Crippen LogP contribution in [0.25, 0.3) is 27.8 Å². The van der Waals surface area contributed by atoms with Gasteiger partial charge in [0.05, 0.1) is 16.6 Å². The Bertz CT molecular complexity index is 1120. The summed E-state index contributed by atoms with van der Waals surface area (Å²) < 4.78 is 1.83. The molecule has 0 aliphatic carbocycles. The number of aromatic amines is 1. The summed E-state index contributed by atoms with van der Waals surface area (Å²) in [6.07, 6.45) is 1.65. The second-order valence-electron chi connectivity index (χ2n) is 5.76. The van der Waals surface area contributed by atoms with Crippen molar-refractivity contribution in [2.45, 2.75) is 11.8 Å². The average Bonchev–Trinajstić information content (AvgIpc) is 3.03. The number of pyridine rings is 1. The molecule has 0 aliphatic heterocycles. The highest BCUT2D eigenvalue weighted by atomic mass is 32.2. The third-order valence-corrected chi connectivity index (χ3v) is 4.76. The maximum Gasteiger partial charge on any atom is 0.259 e. The van der Waals surface area contributed by atoms with Gasteiger partial charge in [0, 0.05) is 16.7 Å².